The number of anilines is 1. The third-order valence-corrected chi connectivity index (χ3v) is 2.77. The van der Waals surface area contributed by atoms with Gasteiger partial charge < -0.3 is 15.2 Å². The number of hydrogen-bond acceptors (Lipinski definition) is 5. The third kappa shape index (κ3) is 4.72. The molecule has 1 aromatic heterocycles. The molecular weight excluding hydrogens is 248 g/mol. The number of ether oxygens (including phenoxy) is 2. The van der Waals surface area contributed by atoms with Gasteiger partial charge in [0, 0.05) is 19.6 Å². The number of nitrogens with two attached hydrogens (primary N) is 1. The summed E-state index contributed by atoms with van der Waals surface area (Å²) in [6.45, 7) is 4.94. The van der Waals surface area contributed by atoms with Crippen molar-refractivity contribution < 1.29 is 14.3 Å². The molecule has 104 valence electrons. The molecule has 1 aliphatic rings. The first-order valence-electron chi connectivity index (χ1n) is 6.19. The zero-order chi connectivity index (χ0) is 13.5. The van der Waals surface area contributed by atoms with Crippen LogP contribution >= 0.6 is 0 Å². The molecular formula is C12H18N4O3. The number of primary amides is 1. The Balaban J connectivity index is 1.71. The molecule has 0 radical (unpaired) electrons. The number of pyridine rings is 1. The lowest BCUT2D eigenvalue weighted by Crippen LogP contribution is -2.38. The minimum atomic E-state index is -0.631. The van der Waals surface area contributed by atoms with Crippen molar-refractivity contribution in [1.82, 2.24) is 9.88 Å². The van der Waals surface area contributed by atoms with Crippen LogP contribution in [-0.2, 0) is 4.74 Å². The molecule has 2 rings (SSSR count). The molecule has 1 fully saturated rings. The van der Waals surface area contributed by atoms with Crippen molar-refractivity contribution in [3.05, 3.63) is 18.3 Å². The Morgan fingerprint density at radius 2 is 2.26 bits per heavy atom. The van der Waals surface area contributed by atoms with Crippen LogP contribution in [0.5, 0.6) is 5.75 Å². The van der Waals surface area contributed by atoms with Gasteiger partial charge in [0.15, 0.2) is 0 Å². The van der Waals surface area contributed by atoms with E-state index in [1.807, 2.05) is 0 Å². The van der Waals surface area contributed by atoms with Gasteiger partial charge in [0.05, 0.1) is 19.4 Å². The highest BCUT2D eigenvalue weighted by Gasteiger charge is 2.09. The Morgan fingerprint density at radius 3 is 2.89 bits per heavy atom. The minimum absolute atomic E-state index is 0.410. The van der Waals surface area contributed by atoms with Crippen molar-refractivity contribution >= 4 is 11.8 Å². The van der Waals surface area contributed by atoms with Gasteiger partial charge in [-0.1, -0.05) is 0 Å². The van der Waals surface area contributed by atoms with Gasteiger partial charge in [0.1, 0.15) is 18.2 Å². The Labute approximate surface area is 111 Å². The van der Waals surface area contributed by atoms with Crippen molar-refractivity contribution in [2.24, 2.45) is 5.73 Å². The smallest absolute Gasteiger partial charge is 0.317 e. The first kappa shape index (κ1) is 13.6. The SMILES string of the molecule is NC(=O)Nc1ccc(OCCN2CCOCC2)cn1. The average Bonchev–Trinajstić information content (AvgIpc) is 2.41. The first-order chi connectivity index (χ1) is 9.24. The summed E-state index contributed by atoms with van der Waals surface area (Å²) in [6, 6.07) is 2.76. The summed E-state index contributed by atoms with van der Waals surface area (Å²) in [6.07, 6.45) is 1.56. The molecule has 3 N–H and O–H groups in total. The van der Waals surface area contributed by atoms with Gasteiger partial charge in [0.25, 0.3) is 0 Å². The van der Waals surface area contributed by atoms with Crippen LogP contribution in [-0.4, -0.2) is 55.4 Å². The van der Waals surface area contributed by atoms with E-state index in [9.17, 15) is 4.79 Å². The van der Waals surface area contributed by atoms with Gasteiger partial charge in [-0.05, 0) is 12.1 Å². The second-order valence-corrected chi connectivity index (χ2v) is 4.17. The topological polar surface area (TPSA) is 89.7 Å². The molecule has 19 heavy (non-hydrogen) atoms. The third-order valence-electron chi connectivity index (χ3n) is 2.77. The van der Waals surface area contributed by atoms with Crippen LogP contribution in [0, 0.1) is 0 Å². The van der Waals surface area contributed by atoms with Crippen LogP contribution in [0.3, 0.4) is 0 Å². The van der Waals surface area contributed by atoms with E-state index in [0.29, 0.717) is 18.2 Å². The summed E-state index contributed by atoms with van der Waals surface area (Å²) in [5.41, 5.74) is 4.99. The van der Waals surface area contributed by atoms with E-state index in [4.69, 9.17) is 15.2 Å². The lowest BCUT2D eigenvalue weighted by atomic mass is 10.4. The predicted molar refractivity (Wildman–Crippen MR) is 70.2 cm³/mol. The Hall–Kier alpha value is -1.86. The Morgan fingerprint density at radius 1 is 1.47 bits per heavy atom. The van der Waals surface area contributed by atoms with E-state index in [0.717, 1.165) is 32.8 Å². The number of nitrogens with zero attached hydrogens (tertiary/aromatic N) is 2. The Kier molecular flexibility index (Phi) is 4.93. The van der Waals surface area contributed by atoms with Gasteiger partial charge >= 0.3 is 6.03 Å². The first-order valence-corrected chi connectivity index (χ1v) is 6.19. The van der Waals surface area contributed by atoms with Crippen molar-refractivity contribution in [3.8, 4) is 5.75 Å². The van der Waals surface area contributed by atoms with Crippen LogP contribution < -0.4 is 15.8 Å². The van der Waals surface area contributed by atoms with E-state index in [1.54, 1.807) is 18.3 Å². The van der Waals surface area contributed by atoms with Gasteiger partial charge in [-0.15, -0.1) is 0 Å². The normalized spacial score (nSPS) is 16.0. The van der Waals surface area contributed by atoms with Gasteiger partial charge in [-0.25, -0.2) is 9.78 Å². The summed E-state index contributed by atoms with van der Waals surface area (Å²) < 4.78 is 10.9. The minimum Gasteiger partial charge on any atom is -0.491 e. The molecule has 0 unspecified atom stereocenters. The highest BCUT2D eigenvalue weighted by Crippen LogP contribution is 2.11. The molecule has 1 aliphatic heterocycles. The lowest BCUT2D eigenvalue weighted by molar-refractivity contribution is 0.0322. The Bertz CT molecular complexity index is 404. The van der Waals surface area contributed by atoms with E-state index < -0.39 is 6.03 Å². The standard InChI is InChI=1S/C12H18N4O3/c13-12(17)15-11-2-1-10(9-14-11)19-8-5-16-3-6-18-7-4-16/h1-2,9H,3-8H2,(H3,13,14,15,17). The number of carbonyl (C=O) groups is 1. The van der Waals surface area contributed by atoms with Crippen LogP contribution in [0.1, 0.15) is 0 Å². The maximum atomic E-state index is 10.6. The number of nitrogens with one attached hydrogen (secondary N) is 1. The molecule has 2 heterocycles. The average molecular weight is 266 g/mol. The summed E-state index contributed by atoms with van der Waals surface area (Å²) >= 11 is 0. The highest BCUT2D eigenvalue weighted by molar-refractivity contribution is 5.86. The van der Waals surface area contributed by atoms with Crippen LogP contribution in [0.15, 0.2) is 18.3 Å². The molecule has 0 saturated carbocycles. The molecule has 1 saturated heterocycles. The zero-order valence-corrected chi connectivity index (χ0v) is 10.7. The number of carbonyl (C=O) groups excluding carboxylic acids is 1. The molecule has 1 aromatic rings. The number of aromatic nitrogens is 1. The zero-order valence-electron chi connectivity index (χ0n) is 10.7. The molecule has 0 atom stereocenters. The van der Waals surface area contributed by atoms with Gasteiger partial charge in [-0.2, -0.15) is 0 Å². The monoisotopic (exact) mass is 266 g/mol. The van der Waals surface area contributed by atoms with Crippen molar-refractivity contribution in [3.63, 3.8) is 0 Å². The second kappa shape index (κ2) is 6.91. The summed E-state index contributed by atoms with van der Waals surface area (Å²) in [7, 11) is 0. The number of urea groups is 1. The largest absolute Gasteiger partial charge is 0.491 e. The number of amides is 2. The van der Waals surface area contributed by atoms with E-state index in [-0.39, 0.29) is 0 Å². The van der Waals surface area contributed by atoms with E-state index in [1.165, 1.54) is 0 Å². The summed E-state index contributed by atoms with van der Waals surface area (Å²) in [5.74, 6) is 1.08. The molecule has 0 spiro atoms. The number of rotatable bonds is 5. The fourth-order valence-corrected chi connectivity index (χ4v) is 1.78. The fourth-order valence-electron chi connectivity index (χ4n) is 1.78. The maximum absolute atomic E-state index is 10.6. The molecule has 0 aromatic carbocycles. The maximum Gasteiger partial charge on any atom is 0.317 e. The molecule has 0 aliphatic carbocycles. The van der Waals surface area contributed by atoms with Crippen LogP contribution in [0.2, 0.25) is 0 Å². The van der Waals surface area contributed by atoms with Crippen molar-refractivity contribution in [1.29, 1.82) is 0 Å². The lowest BCUT2D eigenvalue weighted by Gasteiger charge is -2.26. The van der Waals surface area contributed by atoms with E-state index >= 15 is 0 Å². The molecule has 0 bridgehead atoms. The predicted octanol–water partition coefficient (Wildman–Crippen LogP) is 0.283. The quantitative estimate of drug-likeness (QED) is 0.799. The highest BCUT2D eigenvalue weighted by atomic mass is 16.5. The van der Waals surface area contributed by atoms with Crippen LogP contribution in [0.25, 0.3) is 0 Å². The second-order valence-electron chi connectivity index (χ2n) is 4.17. The summed E-state index contributed by atoms with van der Waals surface area (Å²) in [5, 5.41) is 2.39. The molecule has 2 amide bonds. The summed E-state index contributed by atoms with van der Waals surface area (Å²) in [4.78, 5) is 16.9. The van der Waals surface area contributed by atoms with Gasteiger partial charge in [0.2, 0.25) is 0 Å². The number of morpholine rings is 1. The molecule has 7 nitrogen and oxygen atoms in total. The van der Waals surface area contributed by atoms with Gasteiger partial charge in [-0.3, -0.25) is 10.2 Å². The van der Waals surface area contributed by atoms with Crippen molar-refractivity contribution in [2.45, 2.75) is 0 Å². The fraction of sp³-hybridized carbons (Fsp3) is 0.500. The number of hydrogen-bond donors (Lipinski definition) is 2. The van der Waals surface area contributed by atoms with E-state index in [2.05, 4.69) is 15.2 Å². The van der Waals surface area contributed by atoms with Crippen molar-refractivity contribution in [2.75, 3.05) is 44.8 Å². The van der Waals surface area contributed by atoms with Crippen LogP contribution in [0.4, 0.5) is 10.6 Å². The molecule has 7 heteroatoms.